The number of fused-ring (bicyclic) bond motifs is 1. The number of sulfone groups is 1. The standard InChI is InChI=1S/C16H12F2N2O3S/c17-11-3-1-10(2-4-11)16(21)20-19-14-7-8-24(22,23)15-6-5-12(18)9-13(14)15/h1-7,9,19H,8H2,(H,20,21). The van der Waals surface area contributed by atoms with Crippen LogP contribution in [0.2, 0.25) is 0 Å². The quantitative estimate of drug-likeness (QED) is 0.656. The molecule has 1 aliphatic rings. The van der Waals surface area contributed by atoms with Crippen LogP contribution < -0.4 is 10.9 Å². The summed E-state index contributed by atoms with van der Waals surface area (Å²) in [7, 11) is -3.52. The van der Waals surface area contributed by atoms with Gasteiger partial charge in [0.15, 0.2) is 9.84 Å². The fraction of sp³-hybridized carbons (Fsp3) is 0.0625. The highest BCUT2D eigenvalue weighted by atomic mass is 32.2. The molecule has 2 N–H and O–H groups in total. The van der Waals surface area contributed by atoms with Crippen LogP contribution in [0.3, 0.4) is 0 Å². The third-order valence-corrected chi connectivity index (χ3v) is 5.12. The van der Waals surface area contributed by atoms with Gasteiger partial charge in [-0.15, -0.1) is 0 Å². The zero-order valence-electron chi connectivity index (χ0n) is 12.2. The Balaban J connectivity index is 1.81. The van der Waals surface area contributed by atoms with Crippen LogP contribution in [0.1, 0.15) is 15.9 Å². The van der Waals surface area contributed by atoms with E-state index in [2.05, 4.69) is 10.9 Å². The van der Waals surface area contributed by atoms with Gasteiger partial charge in [-0.2, -0.15) is 0 Å². The summed E-state index contributed by atoms with van der Waals surface area (Å²) in [5.74, 6) is -1.87. The van der Waals surface area contributed by atoms with Gasteiger partial charge in [0.25, 0.3) is 5.91 Å². The Labute approximate surface area is 136 Å². The number of hydrogen-bond acceptors (Lipinski definition) is 4. The Bertz CT molecular complexity index is 938. The van der Waals surface area contributed by atoms with E-state index in [-0.39, 0.29) is 27.5 Å². The van der Waals surface area contributed by atoms with Gasteiger partial charge in [-0.25, -0.2) is 17.2 Å². The summed E-state index contributed by atoms with van der Waals surface area (Å²) in [6.07, 6.45) is 1.35. The van der Waals surface area contributed by atoms with Crippen molar-refractivity contribution in [2.75, 3.05) is 5.75 Å². The molecule has 2 aromatic carbocycles. The molecule has 0 radical (unpaired) electrons. The minimum atomic E-state index is -3.52. The van der Waals surface area contributed by atoms with Crippen molar-refractivity contribution in [2.45, 2.75) is 4.90 Å². The van der Waals surface area contributed by atoms with Gasteiger partial charge in [0.2, 0.25) is 0 Å². The first-order chi connectivity index (χ1) is 11.4. The van der Waals surface area contributed by atoms with E-state index in [1.165, 1.54) is 24.3 Å². The predicted octanol–water partition coefficient (Wildman–Crippen LogP) is 2.03. The maximum Gasteiger partial charge on any atom is 0.269 e. The number of carbonyl (C=O) groups excluding carboxylic acids is 1. The summed E-state index contributed by atoms with van der Waals surface area (Å²) in [6, 6.07) is 8.24. The van der Waals surface area contributed by atoms with Crippen molar-refractivity contribution in [3.05, 3.63) is 71.3 Å². The van der Waals surface area contributed by atoms with Crippen molar-refractivity contribution < 1.29 is 22.0 Å². The Kier molecular flexibility index (Phi) is 4.06. The first-order valence-corrected chi connectivity index (χ1v) is 8.57. The van der Waals surface area contributed by atoms with Crippen molar-refractivity contribution in [1.29, 1.82) is 0 Å². The van der Waals surface area contributed by atoms with Crippen LogP contribution in [-0.4, -0.2) is 20.1 Å². The molecular weight excluding hydrogens is 338 g/mol. The van der Waals surface area contributed by atoms with Gasteiger partial charge in [0.1, 0.15) is 11.6 Å². The summed E-state index contributed by atoms with van der Waals surface area (Å²) in [5.41, 5.74) is 5.60. The molecule has 0 aliphatic carbocycles. The summed E-state index contributed by atoms with van der Waals surface area (Å²) in [5, 5.41) is 0. The van der Waals surface area contributed by atoms with E-state index in [1.54, 1.807) is 0 Å². The smallest absolute Gasteiger partial charge is 0.269 e. The normalized spacial score (nSPS) is 15.2. The van der Waals surface area contributed by atoms with Gasteiger partial charge in [0, 0.05) is 11.1 Å². The molecule has 0 spiro atoms. The molecule has 0 saturated heterocycles. The fourth-order valence-corrected chi connectivity index (χ4v) is 3.64. The molecule has 1 aliphatic heterocycles. The van der Waals surface area contributed by atoms with E-state index < -0.39 is 27.4 Å². The molecule has 0 aromatic heterocycles. The highest BCUT2D eigenvalue weighted by Crippen LogP contribution is 2.28. The van der Waals surface area contributed by atoms with Crippen LogP contribution in [0.25, 0.3) is 5.70 Å². The number of hydrogen-bond donors (Lipinski definition) is 2. The van der Waals surface area contributed by atoms with Crippen molar-refractivity contribution >= 4 is 21.4 Å². The second-order valence-corrected chi connectivity index (χ2v) is 7.13. The lowest BCUT2D eigenvalue weighted by Gasteiger charge is -2.19. The maximum absolute atomic E-state index is 13.4. The molecule has 5 nitrogen and oxygen atoms in total. The average Bonchev–Trinajstić information content (AvgIpc) is 2.54. The van der Waals surface area contributed by atoms with Crippen LogP contribution >= 0.6 is 0 Å². The zero-order valence-corrected chi connectivity index (χ0v) is 13.0. The van der Waals surface area contributed by atoms with E-state index in [0.29, 0.717) is 0 Å². The zero-order chi connectivity index (χ0) is 17.3. The first-order valence-electron chi connectivity index (χ1n) is 6.91. The lowest BCUT2D eigenvalue weighted by Crippen LogP contribution is -2.37. The van der Waals surface area contributed by atoms with Crippen LogP contribution in [-0.2, 0) is 9.84 Å². The van der Waals surface area contributed by atoms with Gasteiger partial charge in [-0.05, 0) is 48.5 Å². The van der Waals surface area contributed by atoms with Crippen molar-refractivity contribution in [1.82, 2.24) is 10.9 Å². The molecule has 2 aromatic rings. The van der Waals surface area contributed by atoms with Gasteiger partial charge >= 0.3 is 0 Å². The van der Waals surface area contributed by atoms with E-state index in [9.17, 15) is 22.0 Å². The largest absolute Gasteiger partial charge is 0.298 e. The molecule has 0 fully saturated rings. The number of carbonyl (C=O) groups is 1. The Morgan fingerprint density at radius 3 is 2.38 bits per heavy atom. The van der Waals surface area contributed by atoms with Gasteiger partial charge in [-0.1, -0.05) is 0 Å². The molecule has 0 saturated carbocycles. The minimum absolute atomic E-state index is 0.00932. The Morgan fingerprint density at radius 2 is 1.67 bits per heavy atom. The van der Waals surface area contributed by atoms with Crippen LogP contribution in [0, 0.1) is 11.6 Å². The number of benzene rings is 2. The minimum Gasteiger partial charge on any atom is -0.298 e. The monoisotopic (exact) mass is 350 g/mol. The molecule has 8 heteroatoms. The second kappa shape index (κ2) is 6.04. The SMILES string of the molecule is O=C(NNC1=CCS(=O)(=O)c2ccc(F)cc21)c1ccc(F)cc1. The summed E-state index contributed by atoms with van der Waals surface area (Å²) in [6.45, 7) is 0. The highest BCUT2D eigenvalue weighted by Gasteiger charge is 2.25. The number of halogens is 2. The van der Waals surface area contributed by atoms with E-state index in [1.807, 2.05) is 0 Å². The van der Waals surface area contributed by atoms with Crippen LogP contribution in [0.5, 0.6) is 0 Å². The first kappa shape index (κ1) is 16.1. The second-order valence-electron chi connectivity index (χ2n) is 5.13. The van der Waals surface area contributed by atoms with Gasteiger partial charge in [-0.3, -0.25) is 15.6 Å². The average molecular weight is 350 g/mol. The molecular formula is C16H12F2N2O3S. The third kappa shape index (κ3) is 3.13. The molecule has 1 heterocycles. The van der Waals surface area contributed by atoms with E-state index >= 15 is 0 Å². The predicted molar refractivity (Wildman–Crippen MR) is 83.4 cm³/mol. The molecule has 0 bridgehead atoms. The molecule has 24 heavy (non-hydrogen) atoms. The lowest BCUT2D eigenvalue weighted by atomic mass is 10.1. The number of amides is 1. The molecule has 0 atom stereocenters. The van der Waals surface area contributed by atoms with E-state index in [4.69, 9.17) is 0 Å². The maximum atomic E-state index is 13.4. The summed E-state index contributed by atoms with van der Waals surface area (Å²) < 4.78 is 50.3. The van der Waals surface area contributed by atoms with Crippen molar-refractivity contribution in [2.24, 2.45) is 0 Å². The fourth-order valence-electron chi connectivity index (χ4n) is 2.29. The number of nitrogens with one attached hydrogen (secondary N) is 2. The van der Waals surface area contributed by atoms with Crippen molar-refractivity contribution in [3.63, 3.8) is 0 Å². The molecule has 124 valence electrons. The Morgan fingerprint density at radius 1 is 1.00 bits per heavy atom. The number of rotatable bonds is 3. The van der Waals surface area contributed by atoms with Crippen molar-refractivity contribution in [3.8, 4) is 0 Å². The Hall–Kier alpha value is -2.74. The highest BCUT2D eigenvalue weighted by molar-refractivity contribution is 7.91. The molecule has 0 unspecified atom stereocenters. The van der Waals surface area contributed by atoms with Gasteiger partial charge < -0.3 is 0 Å². The van der Waals surface area contributed by atoms with Gasteiger partial charge in [0.05, 0.1) is 16.3 Å². The molecule has 3 rings (SSSR count). The number of hydrazine groups is 1. The molecule has 1 amide bonds. The summed E-state index contributed by atoms with van der Waals surface area (Å²) >= 11 is 0. The van der Waals surface area contributed by atoms with Crippen LogP contribution in [0.4, 0.5) is 8.78 Å². The summed E-state index contributed by atoms with van der Waals surface area (Å²) in [4.78, 5) is 12.0. The van der Waals surface area contributed by atoms with E-state index in [0.717, 1.165) is 24.3 Å². The lowest BCUT2D eigenvalue weighted by molar-refractivity contribution is 0.0942. The van der Waals surface area contributed by atoms with Crippen LogP contribution in [0.15, 0.2) is 53.4 Å². The third-order valence-electron chi connectivity index (χ3n) is 3.49. The topological polar surface area (TPSA) is 75.3 Å².